The van der Waals surface area contributed by atoms with Crippen molar-refractivity contribution in [3.63, 3.8) is 0 Å². The van der Waals surface area contributed by atoms with Crippen LogP contribution in [-0.4, -0.2) is 23.2 Å². The zero-order valence-corrected chi connectivity index (χ0v) is 9.84. The lowest BCUT2D eigenvalue weighted by Crippen LogP contribution is -2.05. The molecule has 0 amide bonds. The van der Waals surface area contributed by atoms with Crippen LogP contribution >= 0.6 is 15.9 Å². The summed E-state index contributed by atoms with van der Waals surface area (Å²) in [5.74, 6) is 0.878. The largest absolute Gasteiger partial charge is 0.396 e. The summed E-state index contributed by atoms with van der Waals surface area (Å²) in [7, 11) is 0. The van der Waals surface area contributed by atoms with E-state index in [1.807, 2.05) is 13.0 Å². The number of hydrogen-bond donors (Lipinski definition) is 2. The maximum atomic E-state index is 8.61. The fourth-order valence-electron chi connectivity index (χ4n) is 1.11. The van der Waals surface area contributed by atoms with E-state index in [0.29, 0.717) is 0 Å². The van der Waals surface area contributed by atoms with Gasteiger partial charge in [-0.3, -0.25) is 0 Å². The summed E-state index contributed by atoms with van der Waals surface area (Å²) in [6.45, 7) is 3.13. The molecule has 1 heterocycles. The molecule has 0 fully saturated rings. The van der Waals surface area contributed by atoms with Crippen molar-refractivity contribution in [2.45, 2.75) is 19.8 Å². The lowest BCUT2D eigenvalue weighted by molar-refractivity contribution is 0.286. The predicted molar refractivity (Wildman–Crippen MR) is 61.5 cm³/mol. The van der Waals surface area contributed by atoms with Crippen molar-refractivity contribution in [2.24, 2.45) is 0 Å². The molecule has 3 nitrogen and oxygen atoms in total. The van der Waals surface area contributed by atoms with Crippen LogP contribution in [0.4, 0.5) is 5.82 Å². The Morgan fingerprint density at radius 1 is 1.50 bits per heavy atom. The van der Waals surface area contributed by atoms with Gasteiger partial charge in [0.2, 0.25) is 0 Å². The first-order valence-corrected chi connectivity index (χ1v) is 5.51. The third-order valence-corrected chi connectivity index (χ3v) is 2.96. The number of nitrogens with zero attached hydrogens (tertiary/aromatic N) is 1. The van der Waals surface area contributed by atoms with E-state index < -0.39 is 0 Å². The Bertz CT molecular complexity index is 291. The highest BCUT2D eigenvalue weighted by Gasteiger charge is 2.01. The molecule has 1 aromatic heterocycles. The molecule has 0 saturated carbocycles. The quantitative estimate of drug-likeness (QED) is 0.798. The summed E-state index contributed by atoms with van der Waals surface area (Å²) in [6, 6.07) is 1.96. The average molecular weight is 259 g/mol. The second-order valence-electron chi connectivity index (χ2n) is 3.15. The van der Waals surface area contributed by atoms with Crippen molar-refractivity contribution in [1.29, 1.82) is 0 Å². The molecule has 1 rings (SSSR count). The fourth-order valence-corrected chi connectivity index (χ4v) is 1.48. The third-order valence-electron chi connectivity index (χ3n) is 1.96. The molecule has 0 aliphatic carbocycles. The van der Waals surface area contributed by atoms with E-state index >= 15 is 0 Å². The van der Waals surface area contributed by atoms with Gasteiger partial charge in [-0.25, -0.2) is 4.98 Å². The molecule has 0 bridgehead atoms. The number of aliphatic hydroxyl groups is 1. The van der Waals surface area contributed by atoms with E-state index in [-0.39, 0.29) is 6.61 Å². The molecule has 4 heteroatoms. The molecule has 0 unspecified atom stereocenters. The Kier molecular flexibility index (Phi) is 4.90. The molecule has 14 heavy (non-hydrogen) atoms. The van der Waals surface area contributed by atoms with E-state index in [1.165, 1.54) is 5.56 Å². The van der Waals surface area contributed by atoms with E-state index in [1.54, 1.807) is 6.20 Å². The van der Waals surface area contributed by atoms with Crippen LogP contribution in [0.2, 0.25) is 0 Å². The first kappa shape index (κ1) is 11.5. The molecule has 0 aromatic carbocycles. The SMILES string of the molecule is Cc1ccnc(NCCCCO)c1Br. The summed E-state index contributed by atoms with van der Waals surface area (Å²) < 4.78 is 1.02. The number of nitrogens with one attached hydrogen (secondary N) is 1. The Morgan fingerprint density at radius 2 is 2.29 bits per heavy atom. The topological polar surface area (TPSA) is 45.2 Å². The minimum absolute atomic E-state index is 0.254. The number of halogens is 1. The van der Waals surface area contributed by atoms with Gasteiger partial charge in [0.15, 0.2) is 0 Å². The van der Waals surface area contributed by atoms with Crippen molar-refractivity contribution in [3.05, 3.63) is 22.3 Å². The Labute approximate surface area is 92.7 Å². The maximum Gasteiger partial charge on any atom is 0.140 e. The first-order valence-electron chi connectivity index (χ1n) is 4.71. The summed E-state index contributed by atoms with van der Waals surface area (Å²) in [4.78, 5) is 4.22. The van der Waals surface area contributed by atoms with Crippen LogP contribution in [0.1, 0.15) is 18.4 Å². The van der Waals surface area contributed by atoms with Crippen molar-refractivity contribution < 1.29 is 5.11 Å². The van der Waals surface area contributed by atoms with Crippen molar-refractivity contribution >= 4 is 21.7 Å². The van der Waals surface area contributed by atoms with Gasteiger partial charge in [-0.15, -0.1) is 0 Å². The number of anilines is 1. The van der Waals surface area contributed by atoms with Crippen LogP contribution in [-0.2, 0) is 0 Å². The highest BCUT2D eigenvalue weighted by atomic mass is 79.9. The van der Waals surface area contributed by atoms with Crippen LogP contribution in [0.15, 0.2) is 16.7 Å². The minimum atomic E-state index is 0.254. The monoisotopic (exact) mass is 258 g/mol. The number of rotatable bonds is 5. The maximum absolute atomic E-state index is 8.61. The van der Waals surface area contributed by atoms with Gasteiger partial charge in [0.1, 0.15) is 5.82 Å². The molecular formula is C10H15BrN2O. The van der Waals surface area contributed by atoms with Gasteiger partial charge in [0.25, 0.3) is 0 Å². The van der Waals surface area contributed by atoms with Gasteiger partial charge in [0.05, 0.1) is 4.47 Å². The van der Waals surface area contributed by atoms with Crippen LogP contribution in [0.5, 0.6) is 0 Å². The zero-order chi connectivity index (χ0) is 10.4. The second kappa shape index (κ2) is 5.98. The Hall–Kier alpha value is -0.610. The number of hydrogen-bond acceptors (Lipinski definition) is 3. The standard InChI is InChI=1S/C10H15BrN2O/c1-8-4-6-13-10(9(8)11)12-5-2-3-7-14/h4,6,14H,2-3,5,7H2,1H3,(H,12,13). The van der Waals surface area contributed by atoms with Crippen LogP contribution < -0.4 is 5.32 Å². The normalized spacial score (nSPS) is 10.2. The molecule has 0 aliphatic rings. The lowest BCUT2D eigenvalue weighted by Gasteiger charge is -2.08. The van der Waals surface area contributed by atoms with Crippen molar-refractivity contribution in [2.75, 3.05) is 18.5 Å². The summed E-state index contributed by atoms with van der Waals surface area (Å²) >= 11 is 3.47. The van der Waals surface area contributed by atoms with Gasteiger partial charge in [0, 0.05) is 19.3 Å². The molecule has 0 atom stereocenters. The number of unbranched alkanes of at least 4 members (excludes halogenated alkanes) is 1. The van der Waals surface area contributed by atoms with Gasteiger partial charge in [-0.1, -0.05) is 0 Å². The van der Waals surface area contributed by atoms with Crippen LogP contribution in [0.25, 0.3) is 0 Å². The molecular weight excluding hydrogens is 244 g/mol. The summed E-state index contributed by atoms with van der Waals surface area (Å²) in [5, 5.41) is 11.8. The molecule has 0 saturated heterocycles. The average Bonchev–Trinajstić information content (AvgIpc) is 2.19. The first-order chi connectivity index (χ1) is 6.75. The molecule has 0 aliphatic heterocycles. The third kappa shape index (κ3) is 3.27. The van der Waals surface area contributed by atoms with E-state index in [2.05, 4.69) is 26.2 Å². The highest BCUT2D eigenvalue weighted by Crippen LogP contribution is 2.22. The molecule has 0 radical (unpaired) electrons. The Morgan fingerprint density at radius 3 is 3.00 bits per heavy atom. The van der Waals surface area contributed by atoms with E-state index in [0.717, 1.165) is 29.7 Å². The van der Waals surface area contributed by atoms with Gasteiger partial charge in [-0.2, -0.15) is 0 Å². The predicted octanol–water partition coefficient (Wildman–Crippen LogP) is 2.34. The van der Waals surface area contributed by atoms with Crippen molar-refractivity contribution in [3.8, 4) is 0 Å². The highest BCUT2D eigenvalue weighted by molar-refractivity contribution is 9.10. The van der Waals surface area contributed by atoms with Gasteiger partial charge >= 0.3 is 0 Å². The fraction of sp³-hybridized carbons (Fsp3) is 0.500. The number of aryl methyl sites for hydroxylation is 1. The van der Waals surface area contributed by atoms with Gasteiger partial charge in [-0.05, 0) is 47.3 Å². The number of aromatic nitrogens is 1. The summed E-state index contributed by atoms with van der Waals surface area (Å²) in [5.41, 5.74) is 1.17. The van der Waals surface area contributed by atoms with Crippen LogP contribution in [0, 0.1) is 6.92 Å². The lowest BCUT2D eigenvalue weighted by atomic mass is 10.3. The molecule has 2 N–H and O–H groups in total. The minimum Gasteiger partial charge on any atom is -0.396 e. The smallest absolute Gasteiger partial charge is 0.140 e. The molecule has 0 spiro atoms. The summed E-state index contributed by atoms with van der Waals surface area (Å²) in [6.07, 6.45) is 3.57. The molecule has 1 aromatic rings. The van der Waals surface area contributed by atoms with Crippen molar-refractivity contribution in [1.82, 2.24) is 4.98 Å². The zero-order valence-electron chi connectivity index (χ0n) is 8.26. The number of aliphatic hydroxyl groups excluding tert-OH is 1. The molecule has 78 valence electrons. The van der Waals surface area contributed by atoms with E-state index in [4.69, 9.17) is 5.11 Å². The van der Waals surface area contributed by atoms with Gasteiger partial charge < -0.3 is 10.4 Å². The Balaban J connectivity index is 2.46. The number of pyridine rings is 1. The van der Waals surface area contributed by atoms with E-state index in [9.17, 15) is 0 Å². The second-order valence-corrected chi connectivity index (χ2v) is 3.94. The van der Waals surface area contributed by atoms with Crippen LogP contribution in [0.3, 0.4) is 0 Å².